The fourth-order valence-electron chi connectivity index (χ4n) is 5.58. The zero-order valence-electron chi connectivity index (χ0n) is 27.5. The third kappa shape index (κ3) is 7.21. The molecule has 0 spiro atoms. The minimum absolute atomic E-state index is 0.156. The molecule has 1 aliphatic rings. The van der Waals surface area contributed by atoms with Gasteiger partial charge in [0.25, 0.3) is 5.56 Å². The molecular weight excluding hydrogens is 620 g/mol. The van der Waals surface area contributed by atoms with Gasteiger partial charge in [0, 0.05) is 12.3 Å². The monoisotopic (exact) mass is 660 g/mol. The number of aromatic nitrogens is 2. The molecule has 0 bridgehead atoms. The molecule has 4 aromatic rings. The average Bonchev–Trinajstić information content (AvgIpc) is 3.39. The summed E-state index contributed by atoms with van der Waals surface area (Å²) >= 11 is 0. The Balaban J connectivity index is 1.55. The molecule has 0 saturated carbocycles. The highest BCUT2D eigenvalue weighted by molar-refractivity contribution is 5.75. The third-order valence-electron chi connectivity index (χ3n) is 8.14. The summed E-state index contributed by atoms with van der Waals surface area (Å²) in [7, 11) is 3.18. The van der Waals surface area contributed by atoms with Gasteiger partial charge in [0.1, 0.15) is 35.4 Å². The average molecular weight is 661 g/mol. The Labute approximate surface area is 277 Å². The molecule has 2 heterocycles. The number of nitrogens with zero attached hydrogens (tertiary/aromatic N) is 1. The van der Waals surface area contributed by atoms with Gasteiger partial charge in [0.2, 0.25) is 0 Å². The molecular formula is C36H40N2O10. The van der Waals surface area contributed by atoms with Crippen LogP contribution in [0.2, 0.25) is 0 Å². The predicted octanol–water partition coefficient (Wildman–Crippen LogP) is 3.75. The largest absolute Gasteiger partial charge is 0.497 e. The zero-order chi connectivity index (χ0) is 34.5. The van der Waals surface area contributed by atoms with E-state index in [-0.39, 0.29) is 6.61 Å². The number of aromatic amines is 1. The topological polar surface area (TPSA) is 148 Å². The van der Waals surface area contributed by atoms with Crippen LogP contribution in [0.5, 0.6) is 11.5 Å². The highest BCUT2D eigenvalue weighted by Crippen LogP contribution is 2.43. The van der Waals surface area contributed by atoms with Crippen LogP contribution in [0.3, 0.4) is 0 Å². The lowest BCUT2D eigenvalue weighted by Gasteiger charge is -2.37. The summed E-state index contributed by atoms with van der Waals surface area (Å²) in [6, 6.07) is 25.7. The van der Waals surface area contributed by atoms with Crippen molar-refractivity contribution in [3.8, 4) is 11.5 Å². The van der Waals surface area contributed by atoms with Crippen molar-refractivity contribution in [2.24, 2.45) is 5.41 Å². The van der Waals surface area contributed by atoms with Crippen LogP contribution >= 0.6 is 0 Å². The predicted molar refractivity (Wildman–Crippen MR) is 175 cm³/mol. The highest BCUT2D eigenvalue weighted by Gasteiger charge is 2.48. The molecule has 1 fully saturated rings. The molecule has 0 amide bonds. The smallest absolute Gasteiger partial charge is 0.330 e. The van der Waals surface area contributed by atoms with E-state index in [1.54, 1.807) is 35.0 Å². The van der Waals surface area contributed by atoms with Crippen LogP contribution in [0.4, 0.5) is 0 Å². The number of aliphatic hydroxyl groups is 1. The fourth-order valence-corrected chi connectivity index (χ4v) is 5.58. The Bertz CT molecular complexity index is 1730. The van der Waals surface area contributed by atoms with Gasteiger partial charge < -0.3 is 33.5 Å². The maximum Gasteiger partial charge on any atom is 0.330 e. The number of hydrogen-bond donors (Lipinski definition) is 2. The van der Waals surface area contributed by atoms with Crippen LogP contribution in [0, 0.1) is 5.41 Å². The van der Waals surface area contributed by atoms with Crippen LogP contribution in [0.15, 0.2) is 101 Å². The van der Waals surface area contributed by atoms with Gasteiger partial charge in [-0.15, -0.1) is 0 Å². The van der Waals surface area contributed by atoms with Gasteiger partial charge in [-0.1, -0.05) is 54.6 Å². The van der Waals surface area contributed by atoms with Gasteiger partial charge in [0.15, 0.2) is 13.0 Å². The Morgan fingerprint density at radius 1 is 0.854 bits per heavy atom. The van der Waals surface area contributed by atoms with Crippen LogP contribution in [0.25, 0.3) is 0 Å². The minimum Gasteiger partial charge on any atom is -0.497 e. The number of benzene rings is 3. The molecule has 48 heavy (non-hydrogen) atoms. The number of rotatable bonds is 12. The van der Waals surface area contributed by atoms with E-state index < -0.39 is 59.6 Å². The number of methoxy groups -OCH3 is 2. The fraction of sp³-hybridized carbons (Fsp3) is 0.361. The van der Waals surface area contributed by atoms with Gasteiger partial charge in [-0.2, -0.15) is 0 Å². The van der Waals surface area contributed by atoms with Crippen molar-refractivity contribution in [3.05, 3.63) is 129 Å². The van der Waals surface area contributed by atoms with Crippen LogP contribution in [-0.4, -0.2) is 66.6 Å². The van der Waals surface area contributed by atoms with Crippen LogP contribution in [0.1, 0.15) is 43.7 Å². The maximum absolute atomic E-state index is 12.7. The molecule has 0 radical (unpaired) electrons. The molecule has 12 heteroatoms. The Kier molecular flexibility index (Phi) is 10.5. The van der Waals surface area contributed by atoms with Crippen molar-refractivity contribution in [1.82, 2.24) is 9.55 Å². The first kappa shape index (κ1) is 34.6. The van der Waals surface area contributed by atoms with E-state index >= 15 is 0 Å². The normalized spacial score (nSPS) is 19.5. The molecule has 254 valence electrons. The van der Waals surface area contributed by atoms with Gasteiger partial charge in [0.05, 0.1) is 26.2 Å². The zero-order valence-corrected chi connectivity index (χ0v) is 27.5. The van der Waals surface area contributed by atoms with E-state index in [1.165, 1.54) is 6.20 Å². The summed E-state index contributed by atoms with van der Waals surface area (Å²) in [6.07, 6.45) is -3.51. The summed E-state index contributed by atoms with van der Waals surface area (Å²) in [6.45, 7) is 4.49. The lowest BCUT2D eigenvalue weighted by Crippen LogP contribution is -2.42. The van der Waals surface area contributed by atoms with Gasteiger partial charge in [-0.3, -0.25) is 19.1 Å². The molecule has 1 aromatic heterocycles. The molecule has 2 N–H and O–H groups in total. The van der Waals surface area contributed by atoms with E-state index in [0.717, 1.165) is 27.3 Å². The summed E-state index contributed by atoms with van der Waals surface area (Å²) < 4.78 is 36.4. The first-order valence-electron chi connectivity index (χ1n) is 15.4. The summed E-state index contributed by atoms with van der Waals surface area (Å²) in [5.74, 6) is 0.814. The van der Waals surface area contributed by atoms with E-state index in [4.69, 9.17) is 28.4 Å². The number of esters is 1. The molecule has 1 saturated heterocycles. The standard InChI is InChI=1S/C36H40N2O10/c1-35(2,3)33(41)46-22-45-31-28(48-32(30(31)40)38-20-19-29(39)37-34(38)42)21-47-36(23-9-7-6-8-10-23,24-11-15-26(43-4)16-12-24)25-13-17-27(44-5)18-14-25/h6-20,28,30-32,40H,21-22H2,1-5H3,(H,37,39,42)/t28-,30-,31-,32-/m1/s1. The quantitative estimate of drug-likeness (QED) is 0.131. The molecule has 0 aliphatic carbocycles. The van der Waals surface area contributed by atoms with Gasteiger partial charge >= 0.3 is 11.7 Å². The highest BCUT2D eigenvalue weighted by atomic mass is 16.7. The molecule has 0 unspecified atom stereocenters. The van der Waals surface area contributed by atoms with E-state index in [9.17, 15) is 19.5 Å². The number of carbonyl (C=O) groups is 1. The Hall–Kier alpha value is -4.75. The number of hydrogen-bond acceptors (Lipinski definition) is 10. The summed E-state index contributed by atoms with van der Waals surface area (Å²) in [4.78, 5) is 39.1. The molecule has 4 atom stereocenters. The number of aliphatic hydroxyl groups excluding tert-OH is 1. The number of nitrogens with one attached hydrogen (secondary N) is 1. The van der Waals surface area contributed by atoms with Gasteiger partial charge in [-0.05, 0) is 61.7 Å². The second-order valence-electron chi connectivity index (χ2n) is 12.3. The van der Waals surface area contributed by atoms with E-state index in [0.29, 0.717) is 11.5 Å². The van der Waals surface area contributed by atoms with Gasteiger partial charge in [-0.25, -0.2) is 4.79 Å². The first-order chi connectivity index (χ1) is 23.0. The third-order valence-corrected chi connectivity index (χ3v) is 8.14. The van der Waals surface area contributed by atoms with Crippen molar-refractivity contribution in [2.45, 2.75) is 50.9 Å². The molecule has 1 aliphatic heterocycles. The van der Waals surface area contributed by atoms with E-state index in [1.807, 2.05) is 78.9 Å². The van der Waals surface area contributed by atoms with E-state index in [2.05, 4.69) is 4.98 Å². The molecule has 12 nitrogen and oxygen atoms in total. The maximum atomic E-state index is 12.7. The lowest BCUT2D eigenvalue weighted by atomic mass is 9.80. The second-order valence-corrected chi connectivity index (χ2v) is 12.3. The first-order valence-corrected chi connectivity index (χ1v) is 15.4. The SMILES string of the molecule is COc1ccc(C(OC[C@H]2O[C@@H](n3ccc(=O)[nH]c3=O)[C@H](O)[C@@H]2OCOC(=O)C(C)(C)C)(c2ccccc2)c2ccc(OC)cc2)cc1. The Morgan fingerprint density at radius 2 is 1.42 bits per heavy atom. The summed E-state index contributed by atoms with van der Waals surface area (Å²) in [5.41, 5.74) is -1.05. The van der Waals surface area contributed by atoms with Crippen molar-refractivity contribution in [2.75, 3.05) is 27.6 Å². The summed E-state index contributed by atoms with van der Waals surface area (Å²) in [5, 5.41) is 11.5. The minimum atomic E-state index is -1.41. The van der Waals surface area contributed by atoms with Crippen molar-refractivity contribution in [3.63, 3.8) is 0 Å². The Morgan fingerprint density at radius 3 is 1.94 bits per heavy atom. The van der Waals surface area contributed by atoms with Crippen LogP contribution < -0.4 is 20.7 Å². The number of carbonyl (C=O) groups excluding carboxylic acids is 1. The molecule has 5 rings (SSSR count). The number of H-pyrrole nitrogens is 1. The van der Waals surface area contributed by atoms with Crippen molar-refractivity contribution >= 4 is 5.97 Å². The number of ether oxygens (including phenoxy) is 6. The lowest BCUT2D eigenvalue weighted by molar-refractivity contribution is -0.178. The second kappa shape index (κ2) is 14.6. The van der Waals surface area contributed by atoms with Crippen molar-refractivity contribution < 1.29 is 38.3 Å². The molecule has 3 aromatic carbocycles. The van der Waals surface area contributed by atoms with Crippen LogP contribution in [-0.2, 0) is 29.3 Å². The van der Waals surface area contributed by atoms with Crippen molar-refractivity contribution in [1.29, 1.82) is 0 Å².